The Bertz CT molecular complexity index is 1560. The van der Waals surface area contributed by atoms with E-state index >= 15 is 0 Å². The van der Waals surface area contributed by atoms with Crippen molar-refractivity contribution < 1.29 is 21.6 Å². The van der Waals surface area contributed by atoms with Gasteiger partial charge in [0.1, 0.15) is 16.9 Å². The molecule has 2 aliphatic carbocycles. The fourth-order valence-electron chi connectivity index (χ4n) is 4.28. The van der Waals surface area contributed by atoms with E-state index in [1.807, 2.05) is 0 Å². The number of fused-ring (bicyclic) bond motifs is 1. The molecule has 0 amide bonds. The van der Waals surface area contributed by atoms with Crippen LogP contribution in [0.2, 0.25) is 0 Å². The Kier molecular flexibility index (Phi) is 4.75. The number of alkyl halides is 3. The molecular formula is C22H20F3N5O3S. The zero-order valence-corrected chi connectivity index (χ0v) is 19.2. The molecule has 2 fully saturated rings. The topological polar surface area (TPSA) is 111 Å². The summed E-state index contributed by atoms with van der Waals surface area (Å²) in [6.07, 6.45) is -1.22. The van der Waals surface area contributed by atoms with Crippen LogP contribution in [-0.4, -0.2) is 33.3 Å². The first-order valence-corrected chi connectivity index (χ1v) is 12.4. The molecule has 0 spiro atoms. The van der Waals surface area contributed by atoms with Gasteiger partial charge in [-0.1, -0.05) is 6.92 Å². The fraction of sp³-hybridized carbons (Fsp3) is 0.455. The summed E-state index contributed by atoms with van der Waals surface area (Å²) in [7, 11) is -2.39. The predicted octanol–water partition coefficient (Wildman–Crippen LogP) is 3.50. The first-order valence-electron chi connectivity index (χ1n) is 10.8. The van der Waals surface area contributed by atoms with Crippen molar-refractivity contribution in [3.8, 4) is 17.6 Å². The summed E-state index contributed by atoms with van der Waals surface area (Å²) in [5, 5.41) is 9.51. The van der Waals surface area contributed by atoms with Crippen molar-refractivity contribution in [2.24, 2.45) is 7.05 Å². The van der Waals surface area contributed by atoms with Gasteiger partial charge in [0, 0.05) is 19.3 Å². The summed E-state index contributed by atoms with van der Waals surface area (Å²) in [6, 6.07) is 3.91. The molecule has 0 unspecified atom stereocenters. The van der Waals surface area contributed by atoms with Gasteiger partial charge in [0.05, 0.1) is 27.6 Å². The lowest BCUT2D eigenvalue weighted by Gasteiger charge is -2.15. The van der Waals surface area contributed by atoms with Crippen LogP contribution >= 0.6 is 0 Å². The zero-order chi connectivity index (χ0) is 24.6. The average molecular weight is 491 g/mol. The molecule has 0 aliphatic heterocycles. The Morgan fingerprint density at radius 2 is 1.94 bits per heavy atom. The van der Waals surface area contributed by atoms with Gasteiger partial charge < -0.3 is 4.57 Å². The quantitative estimate of drug-likeness (QED) is 0.540. The number of pyridine rings is 2. The standard InChI is InChI=1S/C22H20F3N5O3S/c1-3-34(32,33)15-8-12(21(11-26)6-7-21)10-27-17(15)19-28-14-9-16(22(23,24)25)30(13-4-5-13)20(31)18(14)29(19)2/h8-10,13H,3-7H2,1-2H3. The number of sulfone groups is 1. The van der Waals surface area contributed by atoms with Gasteiger partial charge in [0.2, 0.25) is 0 Å². The Labute approximate surface area is 192 Å². The minimum Gasteiger partial charge on any atom is -0.321 e. The number of halogens is 3. The van der Waals surface area contributed by atoms with Gasteiger partial charge >= 0.3 is 6.18 Å². The molecule has 0 N–H and O–H groups in total. The van der Waals surface area contributed by atoms with Crippen LogP contribution in [-0.2, 0) is 28.5 Å². The molecule has 8 nitrogen and oxygen atoms in total. The normalized spacial score (nSPS) is 17.6. The molecule has 3 aromatic heterocycles. The lowest BCUT2D eigenvalue weighted by atomic mass is 9.99. The third-order valence-corrected chi connectivity index (χ3v) is 8.32. The minimum atomic E-state index is -4.75. The van der Waals surface area contributed by atoms with E-state index in [0.29, 0.717) is 31.2 Å². The number of hydrogen-bond donors (Lipinski definition) is 0. The lowest BCUT2D eigenvalue weighted by Crippen LogP contribution is -2.28. The number of aromatic nitrogens is 4. The summed E-state index contributed by atoms with van der Waals surface area (Å²) in [6.45, 7) is 1.46. The van der Waals surface area contributed by atoms with Crippen molar-refractivity contribution in [2.75, 3.05) is 5.75 Å². The van der Waals surface area contributed by atoms with E-state index in [1.165, 1.54) is 30.8 Å². The fourth-order valence-corrected chi connectivity index (χ4v) is 5.33. The third-order valence-electron chi connectivity index (χ3n) is 6.58. The van der Waals surface area contributed by atoms with Crippen LogP contribution in [0.5, 0.6) is 0 Å². The van der Waals surface area contributed by atoms with Crippen LogP contribution in [0.3, 0.4) is 0 Å². The molecular weight excluding hydrogens is 471 g/mol. The highest BCUT2D eigenvalue weighted by atomic mass is 32.2. The van der Waals surface area contributed by atoms with Crippen LogP contribution in [0.4, 0.5) is 13.2 Å². The molecule has 34 heavy (non-hydrogen) atoms. The summed E-state index contributed by atoms with van der Waals surface area (Å²) < 4.78 is 69.1. The van der Waals surface area contributed by atoms with Crippen molar-refractivity contribution >= 4 is 20.9 Å². The van der Waals surface area contributed by atoms with E-state index in [0.717, 1.165) is 10.6 Å². The molecule has 178 valence electrons. The van der Waals surface area contributed by atoms with E-state index in [4.69, 9.17) is 0 Å². The molecule has 12 heteroatoms. The van der Waals surface area contributed by atoms with Gasteiger partial charge in [-0.2, -0.15) is 18.4 Å². The summed E-state index contributed by atoms with van der Waals surface area (Å²) in [5.74, 6) is -0.282. The van der Waals surface area contributed by atoms with Crippen molar-refractivity contribution in [3.63, 3.8) is 0 Å². The summed E-state index contributed by atoms with van der Waals surface area (Å²) >= 11 is 0. The van der Waals surface area contributed by atoms with Crippen molar-refractivity contribution in [1.82, 2.24) is 19.1 Å². The highest BCUT2D eigenvalue weighted by Gasteiger charge is 2.46. The van der Waals surface area contributed by atoms with Gasteiger partial charge in [-0.15, -0.1) is 0 Å². The van der Waals surface area contributed by atoms with Gasteiger partial charge in [-0.25, -0.2) is 13.4 Å². The van der Waals surface area contributed by atoms with Crippen LogP contribution in [0, 0.1) is 11.3 Å². The van der Waals surface area contributed by atoms with E-state index in [-0.39, 0.29) is 33.2 Å². The van der Waals surface area contributed by atoms with Crippen molar-refractivity contribution in [3.05, 3.63) is 39.9 Å². The maximum atomic E-state index is 13.7. The number of rotatable bonds is 5. The number of nitriles is 1. The summed E-state index contributed by atoms with van der Waals surface area (Å²) in [5.41, 5.74) is -2.53. The lowest BCUT2D eigenvalue weighted by molar-refractivity contribution is -0.144. The molecule has 0 atom stereocenters. The SMILES string of the molecule is CCS(=O)(=O)c1cc(C2(C#N)CC2)cnc1-c1nc2cc(C(F)(F)F)n(C3CC3)c(=O)c2n1C. The molecule has 3 aromatic rings. The largest absolute Gasteiger partial charge is 0.431 e. The molecule has 0 radical (unpaired) electrons. The number of nitrogens with zero attached hydrogens (tertiary/aromatic N) is 5. The molecule has 3 heterocycles. The summed E-state index contributed by atoms with van der Waals surface area (Å²) in [4.78, 5) is 21.5. The maximum Gasteiger partial charge on any atom is 0.431 e. The zero-order valence-electron chi connectivity index (χ0n) is 18.3. The number of aryl methyl sites for hydroxylation is 1. The van der Waals surface area contributed by atoms with Gasteiger partial charge in [-0.3, -0.25) is 14.3 Å². The second-order valence-electron chi connectivity index (χ2n) is 8.83. The molecule has 0 aromatic carbocycles. The smallest absolute Gasteiger partial charge is 0.321 e. The minimum absolute atomic E-state index is 0.0332. The third kappa shape index (κ3) is 3.33. The molecule has 0 saturated heterocycles. The van der Waals surface area contributed by atoms with Crippen molar-refractivity contribution in [1.29, 1.82) is 5.26 Å². The Balaban J connectivity index is 1.79. The Morgan fingerprint density at radius 3 is 2.47 bits per heavy atom. The Hall–Kier alpha value is -3.20. The monoisotopic (exact) mass is 491 g/mol. The maximum absolute atomic E-state index is 13.7. The Morgan fingerprint density at radius 1 is 1.26 bits per heavy atom. The van der Waals surface area contributed by atoms with E-state index in [9.17, 15) is 31.6 Å². The van der Waals surface area contributed by atoms with Crippen molar-refractivity contribution in [2.45, 2.75) is 55.1 Å². The van der Waals surface area contributed by atoms with Crippen LogP contribution in [0.1, 0.15) is 49.9 Å². The molecule has 2 saturated carbocycles. The van der Waals surface area contributed by atoms with E-state index < -0.39 is 38.7 Å². The van der Waals surface area contributed by atoms with Gasteiger partial charge in [0.25, 0.3) is 5.56 Å². The first-order chi connectivity index (χ1) is 15.9. The van der Waals surface area contributed by atoms with E-state index in [2.05, 4.69) is 16.0 Å². The number of hydrogen-bond acceptors (Lipinski definition) is 6. The molecule has 0 bridgehead atoms. The average Bonchev–Trinajstić information content (AvgIpc) is 3.71. The van der Waals surface area contributed by atoms with Crippen LogP contribution in [0.25, 0.3) is 22.6 Å². The number of imidazole rings is 1. The van der Waals surface area contributed by atoms with Gasteiger partial charge in [0.15, 0.2) is 15.7 Å². The van der Waals surface area contributed by atoms with E-state index in [1.54, 1.807) is 0 Å². The van der Waals surface area contributed by atoms with Crippen LogP contribution < -0.4 is 5.56 Å². The molecule has 5 rings (SSSR count). The highest BCUT2D eigenvalue weighted by molar-refractivity contribution is 7.91. The second-order valence-corrected chi connectivity index (χ2v) is 11.1. The molecule has 2 aliphatic rings. The van der Waals surface area contributed by atoms with Gasteiger partial charge in [-0.05, 0) is 43.4 Å². The second kappa shape index (κ2) is 7.15. The first kappa shape index (κ1) is 22.6. The highest BCUT2D eigenvalue weighted by Crippen LogP contribution is 2.48. The predicted molar refractivity (Wildman–Crippen MR) is 116 cm³/mol. The van der Waals surface area contributed by atoms with Crippen LogP contribution in [0.15, 0.2) is 28.0 Å².